The molecule has 0 aliphatic rings. The first kappa shape index (κ1) is 20.4. The van der Waals surface area contributed by atoms with Crippen LogP contribution in [0, 0.1) is 5.82 Å². The molecule has 0 saturated carbocycles. The van der Waals surface area contributed by atoms with Crippen molar-refractivity contribution in [1.29, 1.82) is 0 Å². The zero-order valence-electron chi connectivity index (χ0n) is 15.6. The molecule has 7 nitrogen and oxygen atoms in total. The molecule has 0 unspecified atom stereocenters. The second kappa shape index (κ2) is 10.3. The van der Waals surface area contributed by atoms with Gasteiger partial charge in [-0.2, -0.15) is 5.10 Å². The van der Waals surface area contributed by atoms with Crippen molar-refractivity contribution in [2.24, 2.45) is 0 Å². The van der Waals surface area contributed by atoms with E-state index in [2.05, 4.69) is 15.7 Å². The number of hydrogen-bond donors (Lipinski definition) is 2. The van der Waals surface area contributed by atoms with E-state index >= 15 is 0 Å². The Morgan fingerprint density at radius 1 is 1.19 bits per heavy atom. The lowest BCUT2D eigenvalue weighted by Gasteiger charge is -2.09. The van der Waals surface area contributed by atoms with Gasteiger partial charge in [-0.3, -0.25) is 4.79 Å². The molecule has 1 heterocycles. The standard InChI is InChI=1S/C19H25FN4O3/c1-3-5-16-12-17(19(26)27-4-2)24(23-16)13-18(25)22-11-10-21-15-8-6-14(20)7-9-15/h6-9,12,21H,3-5,10-11,13H2,1-2H3,(H,22,25). The number of amides is 1. The van der Waals surface area contributed by atoms with Gasteiger partial charge in [0.2, 0.25) is 5.91 Å². The van der Waals surface area contributed by atoms with E-state index in [-0.39, 0.29) is 30.6 Å². The Bertz CT molecular complexity index is 759. The number of ether oxygens (including phenoxy) is 1. The molecular formula is C19H25FN4O3. The molecule has 1 amide bonds. The fourth-order valence-corrected chi connectivity index (χ4v) is 2.51. The van der Waals surface area contributed by atoms with E-state index in [0.717, 1.165) is 24.2 Å². The molecular weight excluding hydrogens is 351 g/mol. The number of nitrogens with one attached hydrogen (secondary N) is 2. The lowest BCUT2D eigenvalue weighted by atomic mass is 10.2. The fraction of sp³-hybridized carbons (Fsp3) is 0.421. The molecule has 0 aliphatic heterocycles. The maximum absolute atomic E-state index is 12.8. The Kier molecular flexibility index (Phi) is 7.79. The summed E-state index contributed by atoms with van der Waals surface area (Å²) >= 11 is 0. The maximum Gasteiger partial charge on any atom is 0.356 e. The van der Waals surface area contributed by atoms with E-state index in [1.165, 1.54) is 16.8 Å². The van der Waals surface area contributed by atoms with Gasteiger partial charge in [-0.25, -0.2) is 13.9 Å². The topological polar surface area (TPSA) is 85.2 Å². The summed E-state index contributed by atoms with van der Waals surface area (Å²) in [5, 5.41) is 10.2. The van der Waals surface area contributed by atoms with Gasteiger partial charge in [0.1, 0.15) is 18.1 Å². The highest BCUT2D eigenvalue weighted by atomic mass is 19.1. The van der Waals surface area contributed by atoms with Crippen LogP contribution in [-0.4, -0.2) is 41.4 Å². The van der Waals surface area contributed by atoms with Crippen molar-refractivity contribution in [3.05, 3.63) is 47.5 Å². The molecule has 0 saturated heterocycles. The molecule has 0 aliphatic carbocycles. The average molecular weight is 376 g/mol. The van der Waals surface area contributed by atoms with Crippen molar-refractivity contribution in [1.82, 2.24) is 15.1 Å². The van der Waals surface area contributed by atoms with Crippen LogP contribution in [0.25, 0.3) is 0 Å². The van der Waals surface area contributed by atoms with Gasteiger partial charge in [0.05, 0.1) is 12.3 Å². The lowest BCUT2D eigenvalue weighted by molar-refractivity contribution is -0.121. The molecule has 2 aromatic rings. The number of rotatable bonds is 10. The molecule has 0 radical (unpaired) electrons. The number of carbonyl (C=O) groups excluding carboxylic acids is 2. The fourth-order valence-electron chi connectivity index (χ4n) is 2.51. The van der Waals surface area contributed by atoms with Crippen LogP contribution < -0.4 is 10.6 Å². The van der Waals surface area contributed by atoms with Gasteiger partial charge < -0.3 is 15.4 Å². The van der Waals surface area contributed by atoms with Crippen LogP contribution in [-0.2, 0) is 22.5 Å². The third kappa shape index (κ3) is 6.40. The highest BCUT2D eigenvalue weighted by Crippen LogP contribution is 2.09. The molecule has 0 bridgehead atoms. The summed E-state index contributed by atoms with van der Waals surface area (Å²) in [6.45, 7) is 4.81. The number of anilines is 1. The molecule has 0 atom stereocenters. The number of nitrogens with zero attached hydrogens (tertiary/aromatic N) is 2. The van der Waals surface area contributed by atoms with Gasteiger partial charge in [0.25, 0.3) is 0 Å². The minimum atomic E-state index is -0.488. The van der Waals surface area contributed by atoms with Gasteiger partial charge in [-0.05, 0) is 43.7 Å². The molecule has 2 N–H and O–H groups in total. The van der Waals surface area contributed by atoms with E-state index in [1.54, 1.807) is 25.1 Å². The molecule has 146 valence electrons. The van der Waals surface area contributed by atoms with Crippen LogP contribution in [0.4, 0.5) is 10.1 Å². The van der Waals surface area contributed by atoms with Gasteiger partial charge in [-0.1, -0.05) is 13.3 Å². The van der Waals surface area contributed by atoms with Crippen LogP contribution in [0.5, 0.6) is 0 Å². The zero-order valence-corrected chi connectivity index (χ0v) is 15.6. The second-order valence-electron chi connectivity index (χ2n) is 5.93. The van der Waals surface area contributed by atoms with E-state index in [0.29, 0.717) is 13.1 Å². The highest BCUT2D eigenvalue weighted by molar-refractivity contribution is 5.88. The summed E-state index contributed by atoms with van der Waals surface area (Å²) in [6.07, 6.45) is 1.61. The molecule has 1 aromatic carbocycles. The summed E-state index contributed by atoms with van der Waals surface area (Å²) in [7, 11) is 0. The predicted molar refractivity (Wildman–Crippen MR) is 100 cm³/mol. The molecule has 27 heavy (non-hydrogen) atoms. The Hall–Kier alpha value is -2.90. The Labute approximate surface area is 157 Å². The third-order valence-corrected chi connectivity index (χ3v) is 3.74. The Balaban J connectivity index is 1.86. The third-order valence-electron chi connectivity index (χ3n) is 3.74. The van der Waals surface area contributed by atoms with Crippen molar-refractivity contribution in [2.45, 2.75) is 33.2 Å². The first-order valence-corrected chi connectivity index (χ1v) is 9.03. The smallest absolute Gasteiger partial charge is 0.356 e. The number of halogens is 1. The van der Waals surface area contributed by atoms with Gasteiger partial charge in [0.15, 0.2) is 0 Å². The largest absolute Gasteiger partial charge is 0.461 e. The van der Waals surface area contributed by atoms with E-state index in [4.69, 9.17) is 4.74 Å². The van der Waals surface area contributed by atoms with Crippen LogP contribution in [0.15, 0.2) is 30.3 Å². The molecule has 1 aromatic heterocycles. The van der Waals surface area contributed by atoms with Gasteiger partial charge >= 0.3 is 5.97 Å². The average Bonchev–Trinajstić information content (AvgIpc) is 3.03. The molecule has 0 spiro atoms. The van der Waals surface area contributed by atoms with Crippen LogP contribution >= 0.6 is 0 Å². The molecule has 0 fully saturated rings. The molecule has 8 heteroatoms. The Morgan fingerprint density at radius 2 is 1.93 bits per heavy atom. The minimum absolute atomic E-state index is 0.0611. The lowest BCUT2D eigenvalue weighted by Crippen LogP contribution is -2.32. The number of benzene rings is 1. The number of aromatic nitrogens is 2. The van der Waals surface area contributed by atoms with Crippen molar-refractivity contribution < 1.29 is 18.7 Å². The van der Waals surface area contributed by atoms with Gasteiger partial charge in [-0.15, -0.1) is 0 Å². The number of aryl methyl sites for hydroxylation is 1. The van der Waals surface area contributed by atoms with E-state index < -0.39 is 5.97 Å². The van der Waals surface area contributed by atoms with Crippen LogP contribution in [0.3, 0.4) is 0 Å². The monoisotopic (exact) mass is 376 g/mol. The first-order valence-electron chi connectivity index (χ1n) is 9.03. The number of esters is 1. The maximum atomic E-state index is 12.8. The van der Waals surface area contributed by atoms with Crippen molar-refractivity contribution in [2.75, 3.05) is 25.0 Å². The van der Waals surface area contributed by atoms with E-state index in [9.17, 15) is 14.0 Å². The summed E-state index contributed by atoms with van der Waals surface area (Å²) < 4.78 is 19.3. The predicted octanol–water partition coefficient (Wildman–Crippen LogP) is 2.38. The zero-order chi connectivity index (χ0) is 19.6. The second-order valence-corrected chi connectivity index (χ2v) is 5.93. The first-order chi connectivity index (χ1) is 13.0. The number of carbonyl (C=O) groups is 2. The minimum Gasteiger partial charge on any atom is -0.461 e. The molecule has 2 rings (SSSR count). The van der Waals surface area contributed by atoms with Crippen molar-refractivity contribution in [3.63, 3.8) is 0 Å². The van der Waals surface area contributed by atoms with Gasteiger partial charge in [0, 0.05) is 18.8 Å². The van der Waals surface area contributed by atoms with Crippen molar-refractivity contribution >= 4 is 17.6 Å². The van der Waals surface area contributed by atoms with Crippen LogP contribution in [0.2, 0.25) is 0 Å². The van der Waals surface area contributed by atoms with E-state index in [1.807, 2.05) is 6.92 Å². The van der Waals surface area contributed by atoms with Crippen molar-refractivity contribution in [3.8, 4) is 0 Å². The SMILES string of the molecule is CCCc1cc(C(=O)OCC)n(CC(=O)NCCNc2ccc(F)cc2)n1. The quantitative estimate of drug-likeness (QED) is 0.491. The Morgan fingerprint density at radius 3 is 2.59 bits per heavy atom. The normalized spacial score (nSPS) is 10.5. The summed E-state index contributed by atoms with van der Waals surface area (Å²) in [6, 6.07) is 7.65. The summed E-state index contributed by atoms with van der Waals surface area (Å²) in [5.74, 6) is -1.04. The van der Waals surface area contributed by atoms with Crippen LogP contribution in [0.1, 0.15) is 36.5 Å². The summed E-state index contributed by atoms with van der Waals surface area (Å²) in [4.78, 5) is 24.2. The summed E-state index contributed by atoms with van der Waals surface area (Å²) in [5.41, 5.74) is 1.80. The highest BCUT2D eigenvalue weighted by Gasteiger charge is 2.18. The number of hydrogen-bond acceptors (Lipinski definition) is 5.